The molecule has 0 amide bonds. The van der Waals surface area contributed by atoms with Crippen molar-refractivity contribution >= 4 is 5.69 Å². The van der Waals surface area contributed by atoms with E-state index in [2.05, 4.69) is 5.32 Å². The second kappa shape index (κ2) is 5.93. The second-order valence-electron chi connectivity index (χ2n) is 3.85. The smallest absolute Gasteiger partial charge is 0.176 e. The van der Waals surface area contributed by atoms with Gasteiger partial charge in [0.25, 0.3) is 0 Å². The van der Waals surface area contributed by atoms with Gasteiger partial charge in [-0.3, -0.25) is 0 Å². The lowest BCUT2D eigenvalue weighted by atomic mass is 10.2. The molecule has 0 saturated carbocycles. The minimum Gasteiger partial charge on any atom is -0.375 e. The van der Waals surface area contributed by atoms with Crippen molar-refractivity contribution in [3.8, 4) is 0 Å². The summed E-state index contributed by atoms with van der Waals surface area (Å²) in [7, 11) is 2.97. The van der Waals surface area contributed by atoms with Crippen LogP contribution in [0.25, 0.3) is 0 Å². The van der Waals surface area contributed by atoms with Crippen LogP contribution in [0.1, 0.15) is 12.5 Å². The van der Waals surface area contributed by atoms with Gasteiger partial charge >= 0.3 is 0 Å². The molecule has 0 heterocycles. The first kappa shape index (κ1) is 13.9. The number of rotatable bonds is 5. The van der Waals surface area contributed by atoms with E-state index in [1.54, 1.807) is 6.92 Å². The molecule has 0 saturated heterocycles. The van der Waals surface area contributed by atoms with Crippen molar-refractivity contribution in [1.29, 1.82) is 0 Å². The van der Waals surface area contributed by atoms with Crippen molar-refractivity contribution in [3.05, 3.63) is 29.3 Å². The van der Waals surface area contributed by atoms with Crippen LogP contribution < -0.4 is 5.32 Å². The van der Waals surface area contributed by atoms with E-state index < -0.39 is 17.9 Å². The standard InChI is InChI=1S/C12H17F2NO2/c1-7-5-10(14)11(6-9(7)13)15-8(2)12(16-3)17-4/h5-6,8,12,15H,1-4H3. The number of benzene rings is 1. The Morgan fingerprint density at radius 2 is 1.71 bits per heavy atom. The summed E-state index contributed by atoms with van der Waals surface area (Å²) in [5.74, 6) is -0.950. The van der Waals surface area contributed by atoms with E-state index in [0.29, 0.717) is 0 Å². The Balaban J connectivity index is 2.84. The molecule has 0 radical (unpaired) electrons. The van der Waals surface area contributed by atoms with Crippen molar-refractivity contribution < 1.29 is 18.3 Å². The zero-order chi connectivity index (χ0) is 13.0. The summed E-state index contributed by atoms with van der Waals surface area (Å²) >= 11 is 0. The zero-order valence-electron chi connectivity index (χ0n) is 10.4. The molecule has 1 rings (SSSR count). The molecule has 1 N–H and O–H groups in total. The Labute approximate surface area is 99.7 Å². The number of aryl methyl sites for hydroxylation is 1. The Morgan fingerprint density at radius 3 is 2.24 bits per heavy atom. The van der Waals surface area contributed by atoms with Crippen molar-refractivity contribution in [2.45, 2.75) is 26.2 Å². The highest BCUT2D eigenvalue weighted by molar-refractivity contribution is 5.47. The summed E-state index contributed by atoms with van der Waals surface area (Å²) < 4.78 is 36.9. The molecule has 1 aromatic rings. The van der Waals surface area contributed by atoms with Gasteiger partial charge in [0.15, 0.2) is 6.29 Å². The minimum absolute atomic E-state index is 0.0969. The first-order valence-electron chi connectivity index (χ1n) is 5.27. The second-order valence-corrected chi connectivity index (χ2v) is 3.85. The van der Waals surface area contributed by atoms with Gasteiger partial charge in [0.2, 0.25) is 0 Å². The first-order chi connectivity index (χ1) is 7.99. The van der Waals surface area contributed by atoms with E-state index in [0.717, 1.165) is 12.1 Å². The van der Waals surface area contributed by atoms with E-state index in [4.69, 9.17) is 9.47 Å². The summed E-state index contributed by atoms with van der Waals surface area (Å²) in [5, 5.41) is 2.82. The van der Waals surface area contributed by atoms with Gasteiger partial charge in [0, 0.05) is 20.3 Å². The van der Waals surface area contributed by atoms with Crippen molar-refractivity contribution in [2.24, 2.45) is 0 Å². The Morgan fingerprint density at radius 1 is 1.12 bits per heavy atom. The van der Waals surface area contributed by atoms with Crippen LogP contribution in [0.5, 0.6) is 0 Å². The molecular weight excluding hydrogens is 228 g/mol. The molecule has 1 unspecified atom stereocenters. The lowest BCUT2D eigenvalue weighted by molar-refractivity contribution is -0.109. The highest BCUT2D eigenvalue weighted by Crippen LogP contribution is 2.20. The molecule has 0 fully saturated rings. The van der Waals surface area contributed by atoms with E-state index >= 15 is 0 Å². The summed E-state index contributed by atoms with van der Waals surface area (Å²) in [6, 6.07) is 1.98. The van der Waals surface area contributed by atoms with Crippen LogP contribution in [-0.2, 0) is 9.47 Å². The largest absolute Gasteiger partial charge is 0.375 e. The summed E-state index contributed by atoms with van der Waals surface area (Å²) in [5.41, 5.74) is 0.371. The van der Waals surface area contributed by atoms with Crippen LogP contribution in [-0.4, -0.2) is 26.6 Å². The maximum Gasteiger partial charge on any atom is 0.176 e. The highest BCUT2D eigenvalue weighted by atomic mass is 19.1. The SMILES string of the molecule is COC(OC)C(C)Nc1cc(F)c(C)cc1F. The fourth-order valence-electron chi connectivity index (χ4n) is 1.57. The molecule has 0 aliphatic heterocycles. The van der Waals surface area contributed by atoms with Crippen molar-refractivity contribution in [2.75, 3.05) is 19.5 Å². The molecule has 3 nitrogen and oxygen atoms in total. The normalized spacial score (nSPS) is 12.9. The zero-order valence-corrected chi connectivity index (χ0v) is 10.4. The van der Waals surface area contributed by atoms with Crippen LogP contribution in [0.15, 0.2) is 12.1 Å². The molecule has 0 bridgehead atoms. The molecule has 17 heavy (non-hydrogen) atoms. The number of anilines is 1. The number of methoxy groups -OCH3 is 2. The predicted octanol–water partition coefficient (Wildman–Crippen LogP) is 2.69. The Hall–Kier alpha value is -1.20. The third kappa shape index (κ3) is 3.38. The number of nitrogens with one attached hydrogen (secondary N) is 1. The quantitative estimate of drug-likeness (QED) is 0.809. The number of hydrogen-bond donors (Lipinski definition) is 1. The first-order valence-corrected chi connectivity index (χ1v) is 5.27. The number of halogens is 2. The van der Waals surface area contributed by atoms with Crippen LogP contribution in [0.4, 0.5) is 14.5 Å². The van der Waals surface area contributed by atoms with E-state index in [-0.39, 0.29) is 17.3 Å². The molecule has 0 spiro atoms. The van der Waals surface area contributed by atoms with Gasteiger partial charge in [-0.25, -0.2) is 8.78 Å². The van der Waals surface area contributed by atoms with Crippen LogP contribution in [0.3, 0.4) is 0 Å². The molecule has 1 aromatic carbocycles. The van der Waals surface area contributed by atoms with Crippen LogP contribution in [0, 0.1) is 18.6 Å². The molecular formula is C12H17F2NO2. The van der Waals surface area contributed by atoms with E-state index in [9.17, 15) is 8.78 Å². The monoisotopic (exact) mass is 245 g/mol. The average Bonchev–Trinajstić information content (AvgIpc) is 2.27. The lowest BCUT2D eigenvalue weighted by Crippen LogP contribution is -2.34. The van der Waals surface area contributed by atoms with E-state index in [1.807, 2.05) is 0 Å². The fraction of sp³-hybridized carbons (Fsp3) is 0.500. The third-order valence-corrected chi connectivity index (χ3v) is 2.50. The number of ether oxygens (including phenoxy) is 2. The van der Waals surface area contributed by atoms with Gasteiger partial charge in [-0.2, -0.15) is 0 Å². The predicted molar refractivity (Wildman–Crippen MR) is 62.0 cm³/mol. The minimum atomic E-state index is -0.529. The van der Waals surface area contributed by atoms with Gasteiger partial charge in [-0.1, -0.05) is 0 Å². The van der Waals surface area contributed by atoms with E-state index in [1.165, 1.54) is 21.1 Å². The number of hydrogen-bond acceptors (Lipinski definition) is 3. The molecule has 1 atom stereocenters. The maximum atomic E-state index is 13.6. The van der Waals surface area contributed by atoms with Gasteiger partial charge in [-0.05, 0) is 25.5 Å². The molecule has 0 aromatic heterocycles. The Kier molecular flexibility index (Phi) is 4.84. The van der Waals surface area contributed by atoms with Gasteiger partial charge < -0.3 is 14.8 Å². The fourth-order valence-corrected chi connectivity index (χ4v) is 1.57. The molecule has 96 valence electrons. The highest BCUT2D eigenvalue weighted by Gasteiger charge is 2.17. The molecule has 0 aliphatic carbocycles. The Bertz CT molecular complexity index is 381. The molecule has 0 aliphatic rings. The summed E-state index contributed by atoms with van der Waals surface area (Å²) in [6.45, 7) is 3.27. The van der Waals surface area contributed by atoms with Gasteiger partial charge in [0.1, 0.15) is 11.6 Å². The summed E-state index contributed by atoms with van der Waals surface area (Å²) in [4.78, 5) is 0. The lowest BCUT2D eigenvalue weighted by Gasteiger charge is -2.23. The topological polar surface area (TPSA) is 30.5 Å². The van der Waals surface area contributed by atoms with Gasteiger partial charge in [0.05, 0.1) is 11.7 Å². The van der Waals surface area contributed by atoms with Crippen LogP contribution >= 0.6 is 0 Å². The maximum absolute atomic E-state index is 13.6. The third-order valence-electron chi connectivity index (χ3n) is 2.50. The van der Waals surface area contributed by atoms with Crippen molar-refractivity contribution in [3.63, 3.8) is 0 Å². The summed E-state index contributed by atoms with van der Waals surface area (Å²) in [6.07, 6.45) is -0.529. The van der Waals surface area contributed by atoms with Gasteiger partial charge in [-0.15, -0.1) is 0 Å². The van der Waals surface area contributed by atoms with Crippen molar-refractivity contribution in [1.82, 2.24) is 0 Å². The average molecular weight is 245 g/mol. The van der Waals surface area contributed by atoms with Crippen LogP contribution in [0.2, 0.25) is 0 Å². The molecule has 5 heteroatoms.